The molecule has 0 bridgehead atoms. The first-order valence-corrected chi connectivity index (χ1v) is 9.99. The van der Waals surface area contributed by atoms with Crippen molar-refractivity contribution in [2.75, 3.05) is 12.8 Å². The van der Waals surface area contributed by atoms with Gasteiger partial charge in [-0.2, -0.15) is 4.31 Å². The van der Waals surface area contributed by atoms with Crippen molar-refractivity contribution in [3.8, 4) is 0 Å². The highest BCUT2D eigenvalue weighted by molar-refractivity contribution is 7.88. The lowest BCUT2D eigenvalue weighted by Gasteiger charge is -2.20. The zero-order chi connectivity index (χ0) is 18.4. The van der Waals surface area contributed by atoms with E-state index in [0.29, 0.717) is 5.02 Å². The second kappa shape index (κ2) is 8.47. The molecule has 0 aromatic heterocycles. The molecule has 0 unspecified atom stereocenters. The molecule has 0 aliphatic rings. The van der Waals surface area contributed by atoms with Crippen LogP contribution in [0.5, 0.6) is 0 Å². The Morgan fingerprint density at radius 2 is 1.88 bits per heavy atom. The molecule has 7 heteroatoms. The summed E-state index contributed by atoms with van der Waals surface area (Å²) in [6.45, 7) is 2.10. The molecule has 0 spiro atoms. The highest BCUT2D eigenvalue weighted by Crippen LogP contribution is 2.14. The molecule has 25 heavy (non-hydrogen) atoms. The minimum Gasteiger partial charge on any atom is -0.351 e. The lowest BCUT2D eigenvalue weighted by molar-refractivity contribution is -0.121. The van der Waals surface area contributed by atoms with Crippen LogP contribution in [0.1, 0.15) is 16.7 Å². The largest absolute Gasteiger partial charge is 0.351 e. The molecule has 0 saturated carbocycles. The fourth-order valence-electron chi connectivity index (χ4n) is 2.36. The van der Waals surface area contributed by atoms with Crippen molar-refractivity contribution in [2.24, 2.45) is 0 Å². The van der Waals surface area contributed by atoms with E-state index in [1.54, 1.807) is 12.1 Å². The first-order valence-electron chi connectivity index (χ1n) is 7.76. The molecule has 2 aromatic carbocycles. The fraction of sp³-hybridized carbons (Fsp3) is 0.278. The molecule has 1 N–H and O–H groups in total. The van der Waals surface area contributed by atoms with Gasteiger partial charge < -0.3 is 5.32 Å². The average molecular weight is 381 g/mol. The maximum Gasteiger partial charge on any atom is 0.235 e. The number of sulfonamides is 1. The molecular weight excluding hydrogens is 360 g/mol. The van der Waals surface area contributed by atoms with E-state index in [0.717, 1.165) is 27.3 Å². The van der Waals surface area contributed by atoms with Crippen LogP contribution in [-0.4, -0.2) is 31.4 Å². The lowest BCUT2D eigenvalue weighted by atomic mass is 10.1. The van der Waals surface area contributed by atoms with Crippen molar-refractivity contribution in [3.63, 3.8) is 0 Å². The summed E-state index contributed by atoms with van der Waals surface area (Å²) < 4.78 is 25.2. The third kappa shape index (κ3) is 6.16. The number of hydrogen-bond donors (Lipinski definition) is 1. The molecule has 0 saturated heterocycles. The average Bonchev–Trinajstić information content (AvgIpc) is 2.53. The Kier molecular flexibility index (Phi) is 6.58. The Labute approximate surface area is 153 Å². The number of carbonyl (C=O) groups excluding carboxylic acids is 1. The Bertz CT molecular complexity index is 853. The van der Waals surface area contributed by atoms with Crippen LogP contribution >= 0.6 is 11.6 Å². The van der Waals surface area contributed by atoms with E-state index >= 15 is 0 Å². The van der Waals surface area contributed by atoms with Crippen LogP contribution < -0.4 is 5.32 Å². The van der Waals surface area contributed by atoms with Crippen molar-refractivity contribution in [1.82, 2.24) is 9.62 Å². The summed E-state index contributed by atoms with van der Waals surface area (Å²) in [7, 11) is -3.52. The molecule has 1 amide bonds. The minimum absolute atomic E-state index is 0.153. The zero-order valence-electron chi connectivity index (χ0n) is 14.2. The first kappa shape index (κ1) is 19.4. The molecule has 0 atom stereocenters. The van der Waals surface area contributed by atoms with Crippen LogP contribution in [0.3, 0.4) is 0 Å². The number of nitrogens with zero attached hydrogens (tertiary/aromatic N) is 1. The van der Waals surface area contributed by atoms with E-state index < -0.39 is 10.0 Å². The van der Waals surface area contributed by atoms with Gasteiger partial charge in [-0.05, 0) is 24.1 Å². The molecule has 0 aliphatic carbocycles. The van der Waals surface area contributed by atoms with E-state index in [4.69, 9.17) is 11.6 Å². The molecule has 0 radical (unpaired) electrons. The monoisotopic (exact) mass is 380 g/mol. The smallest absolute Gasteiger partial charge is 0.235 e. The van der Waals surface area contributed by atoms with Gasteiger partial charge in [0.05, 0.1) is 12.8 Å². The van der Waals surface area contributed by atoms with Crippen LogP contribution in [0.2, 0.25) is 5.02 Å². The first-order chi connectivity index (χ1) is 11.8. The van der Waals surface area contributed by atoms with Crippen molar-refractivity contribution >= 4 is 27.5 Å². The maximum absolute atomic E-state index is 12.2. The normalized spacial score (nSPS) is 11.5. The van der Waals surface area contributed by atoms with Crippen molar-refractivity contribution in [2.45, 2.75) is 20.0 Å². The van der Waals surface area contributed by atoms with E-state index in [1.807, 2.05) is 43.3 Å². The summed E-state index contributed by atoms with van der Waals surface area (Å²) in [5, 5.41) is 3.27. The second-order valence-corrected chi connectivity index (χ2v) is 8.28. The predicted molar refractivity (Wildman–Crippen MR) is 99.7 cm³/mol. The van der Waals surface area contributed by atoms with Crippen LogP contribution in [-0.2, 0) is 27.9 Å². The van der Waals surface area contributed by atoms with Gasteiger partial charge in [0, 0.05) is 18.1 Å². The molecule has 2 aromatic rings. The van der Waals surface area contributed by atoms with Crippen LogP contribution in [0.4, 0.5) is 0 Å². The molecule has 5 nitrogen and oxygen atoms in total. The van der Waals surface area contributed by atoms with E-state index in [9.17, 15) is 13.2 Å². The number of amides is 1. The lowest BCUT2D eigenvalue weighted by Crippen LogP contribution is -2.39. The molecule has 2 rings (SSSR count). The Balaban J connectivity index is 2.02. The van der Waals surface area contributed by atoms with E-state index in [2.05, 4.69) is 5.32 Å². The summed E-state index contributed by atoms with van der Waals surface area (Å²) in [4.78, 5) is 12.2. The number of halogens is 1. The third-order valence-electron chi connectivity index (χ3n) is 3.66. The molecule has 0 heterocycles. The highest BCUT2D eigenvalue weighted by Gasteiger charge is 2.20. The molecule has 134 valence electrons. The number of rotatable bonds is 7. The summed E-state index contributed by atoms with van der Waals surface area (Å²) in [5.74, 6) is -0.377. The summed E-state index contributed by atoms with van der Waals surface area (Å²) >= 11 is 6.05. The number of nitrogens with one attached hydrogen (secondary N) is 1. The quantitative estimate of drug-likeness (QED) is 0.803. The van der Waals surface area contributed by atoms with Gasteiger partial charge in [-0.1, -0.05) is 59.6 Å². The number of aryl methyl sites for hydroxylation is 1. The number of carbonyl (C=O) groups is 1. The Hall–Kier alpha value is -1.89. The van der Waals surface area contributed by atoms with Gasteiger partial charge in [-0.3, -0.25) is 4.79 Å². The van der Waals surface area contributed by atoms with Gasteiger partial charge in [0.15, 0.2) is 0 Å². The Morgan fingerprint density at radius 3 is 2.52 bits per heavy atom. The molecule has 0 fully saturated rings. The van der Waals surface area contributed by atoms with Crippen LogP contribution in [0, 0.1) is 6.92 Å². The van der Waals surface area contributed by atoms with Gasteiger partial charge in [-0.15, -0.1) is 0 Å². The maximum atomic E-state index is 12.2. The number of benzene rings is 2. The number of hydrogen-bond acceptors (Lipinski definition) is 3. The van der Waals surface area contributed by atoms with Crippen LogP contribution in [0.15, 0.2) is 48.5 Å². The van der Waals surface area contributed by atoms with Crippen molar-refractivity contribution < 1.29 is 13.2 Å². The fourth-order valence-corrected chi connectivity index (χ4v) is 3.29. The van der Waals surface area contributed by atoms with Gasteiger partial charge in [-0.25, -0.2) is 8.42 Å². The SMILES string of the molecule is Cc1cccc(CN(CC(=O)NCc2ccccc2Cl)S(C)(=O)=O)c1. The van der Waals surface area contributed by atoms with Crippen LogP contribution in [0.25, 0.3) is 0 Å². The molecular formula is C18H21ClN2O3S. The van der Waals surface area contributed by atoms with E-state index in [-0.39, 0.29) is 25.5 Å². The van der Waals surface area contributed by atoms with Gasteiger partial charge >= 0.3 is 0 Å². The van der Waals surface area contributed by atoms with E-state index in [1.165, 1.54) is 0 Å². The standard InChI is InChI=1S/C18H21ClN2O3S/c1-14-6-5-7-15(10-14)12-21(25(2,23)24)13-18(22)20-11-16-8-3-4-9-17(16)19/h3-10H,11-13H2,1-2H3,(H,20,22). The third-order valence-corrected chi connectivity index (χ3v) is 5.23. The summed E-state index contributed by atoms with van der Waals surface area (Å²) in [6.07, 6.45) is 1.10. The minimum atomic E-state index is -3.52. The Morgan fingerprint density at radius 1 is 1.16 bits per heavy atom. The van der Waals surface area contributed by atoms with Crippen molar-refractivity contribution in [3.05, 3.63) is 70.2 Å². The van der Waals surface area contributed by atoms with Gasteiger partial charge in [0.2, 0.25) is 15.9 Å². The summed E-state index contributed by atoms with van der Waals surface area (Å²) in [6, 6.07) is 14.7. The highest BCUT2D eigenvalue weighted by atomic mass is 35.5. The zero-order valence-corrected chi connectivity index (χ0v) is 15.8. The topological polar surface area (TPSA) is 66.5 Å². The predicted octanol–water partition coefficient (Wildman–Crippen LogP) is 2.73. The second-order valence-electron chi connectivity index (χ2n) is 5.89. The van der Waals surface area contributed by atoms with Gasteiger partial charge in [0.25, 0.3) is 0 Å². The van der Waals surface area contributed by atoms with Crippen molar-refractivity contribution in [1.29, 1.82) is 0 Å². The molecule has 0 aliphatic heterocycles. The van der Waals surface area contributed by atoms with Gasteiger partial charge in [0.1, 0.15) is 0 Å². The summed E-state index contributed by atoms with van der Waals surface area (Å²) in [5.41, 5.74) is 2.65.